The molecule has 3 unspecified atom stereocenters. The van der Waals surface area contributed by atoms with Crippen molar-refractivity contribution >= 4 is 17.7 Å². The first-order valence-electron chi connectivity index (χ1n) is 11.5. The van der Waals surface area contributed by atoms with E-state index in [9.17, 15) is 9.90 Å². The molecule has 178 valence electrons. The highest BCUT2D eigenvalue weighted by atomic mass is 32.2. The van der Waals surface area contributed by atoms with Crippen LogP contribution in [0.3, 0.4) is 0 Å². The van der Waals surface area contributed by atoms with Crippen LogP contribution >= 0.6 is 11.8 Å². The molecular weight excluding hydrogens is 438 g/mol. The summed E-state index contributed by atoms with van der Waals surface area (Å²) in [6.07, 6.45) is -1.07. The Bertz CT molecular complexity index is 947. The second kappa shape index (κ2) is 10.8. The third-order valence-electron chi connectivity index (χ3n) is 6.20. The van der Waals surface area contributed by atoms with E-state index in [0.29, 0.717) is 32.0 Å². The average molecular weight is 472 g/mol. The van der Waals surface area contributed by atoms with Crippen molar-refractivity contribution in [1.82, 2.24) is 9.80 Å². The molecule has 0 aromatic heterocycles. The maximum atomic E-state index is 12.3. The van der Waals surface area contributed by atoms with Gasteiger partial charge in [0, 0.05) is 37.6 Å². The lowest BCUT2D eigenvalue weighted by Gasteiger charge is -2.40. The van der Waals surface area contributed by atoms with Crippen molar-refractivity contribution in [2.45, 2.75) is 37.0 Å². The quantitative estimate of drug-likeness (QED) is 0.572. The summed E-state index contributed by atoms with van der Waals surface area (Å²) >= 11 is 1.77. The van der Waals surface area contributed by atoms with Crippen molar-refractivity contribution in [3.8, 4) is 11.5 Å². The number of hydrogen-bond acceptors (Lipinski definition) is 7. The van der Waals surface area contributed by atoms with E-state index in [1.807, 2.05) is 37.3 Å². The van der Waals surface area contributed by atoms with Crippen LogP contribution in [0.25, 0.3) is 0 Å². The van der Waals surface area contributed by atoms with Gasteiger partial charge in [-0.05, 0) is 48.1 Å². The third kappa shape index (κ3) is 5.81. The number of amides is 1. The molecule has 0 bridgehead atoms. The molecule has 0 aliphatic carbocycles. The molecule has 1 fully saturated rings. The van der Waals surface area contributed by atoms with Crippen molar-refractivity contribution in [1.29, 1.82) is 0 Å². The maximum absolute atomic E-state index is 12.3. The van der Waals surface area contributed by atoms with Crippen molar-refractivity contribution in [3.05, 3.63) is 53.6 Å². The molecule has 0 saturated carbocycles. The number of ether oxygens (including phenoxy) is 2. The Kier molecular flexibility index (Phi) is 7.80. The van der Waals surface area contributed by atoms with Gasteiger partial charge in [0.1, 0.15) is 18.8 Å². The highest BCUT2D eigenvalue weighted by Gasteiger charge is 2.32. The largest absolute Gasteiger partial charge is 0.486 e. The fourth-order valence-electron chi connectivity index (χ4n) is 4.44. The predicted molar refractivity (Wildman–Crippen MR) is 130 cm³/mol. The molecule has 7 nitrogen and oxygen atoms in total. The first kappa shape index (κ1) is 23.9. The first-order valence-corrected chi connectivity index (χ1v) is 12.5. The molecule has 0 spiro atoms. The number of benzene rings is 2. The molecule has 2 heterocycles. The summed E-state index contributed by atoms with van der Waals surface area (Å²) in [5.41, 5.74) is 7.81. The van der Waals surface area contributed by atoms with Crippen LogP contribution in [0.15, 0.2) is 47.4 Å². The second-order valence-corrected chi connectivity index (χ2v) is 9.97. The minimum Gasteiger partial charge on any atom is -0.486 e. The lowest BCUT2D eigenvalue weighted by molar-refractivity contribution is -0.124. The average Bonchev–Trinajstić information content (AvgIpc) is 2.81. The smallest absolute Gasteiger partial charge is 0.239 e. The number of carbonyl (C=O) groups excluding carboxylic acids is 1. The van der Waals surface area contributed by atoms with Crippen LogP contribution in [0, 0.1) is 6.92 Å². The Balaban J connectivity index is 1.31. The van der Waals surface area contributed by atoms with Crippen LogP contribution in [0.1, 0.15) is 24.1 Å². The number of hydrogen-bond donors (Lipinski definition) is 2. The van der Waals surface area contributed by atoms with Crippen LogP contribution < -0.4 is 15.2 Å². The first-order chi connectivity index (χ1) is 15.9. The van der Waals surface area contributed by atoms with E-state index in [4.69, 9.17) is 15.2 Å². The molecule has 3 N–H and O–H groups in total. The Hall–Kier alpha value is -2.26. The van der Waals surface area contributed by atoms with E-state index in [0.717, 1.165) is 35.7 Å². The summed E-state index contributed by atoms with van der Waals surface area (Å²) in [6, 6.07) is 13.5. The molecule has 4 rings (SSSR count). The molecule has 1 saturated heterocycles. The number of aryl methyl sites for hydroxylation is 1. The lowest BCUT2D eigenvalue weighted by atomic mass is 10.0. The fourth-order valence-corrected chi connectivity index (χ4v) is 5.10. The van der Waals surface area contributed by atoms with Crippen molar-refractivity contribution in [3.63, 3.8) is 0 Å². The van der Waals surface area contributed by atoms with Crippen molar-refractivity contribution in [2.75, 3.05) is 45.1 Å². The summed E-state index contributed by atoms with van der Waals surface area (Å²) in [7, 11) is 0. The minimum absolute atomic E-state index is 0.327. The molecule has 33 heavy (non-hydrogen) atoms. The van der Waals surface area contributed by atoms with Gasteiger partial charge in [-0.15, -0.1) is 11.8 Å². The van der Waals surface area contributed by atoms with E-state index in [1.54, 1.807) is 11.8 Å². The molecule has 2 aromatic carbocycles. The highest BCUT2D eigenvalue weighted by Crippen LogP contribution is 2.33. The zero-order valence-corrected chi connectivity index (χ0v) is 20.1. The molecule has 3 atom stereocenters. The summed E-state index contributed by atoms with van der Waals surface area (Å²) < 4.78 is 11.8. The Morgan fingerprint density at radius 1 is 1.15 bits per heavy atom. The topological polar surface area (TPSA) is 88.3 Å². The minimum atomic E-state index is -0.666. The van der Waals surface area contributed by atoms with Crippen LogP contribution in [0.5, 0.6) is 11.5 Å². The third-order valence-corrected chi connectivity index (χ3v) is 7.10. The van der Waals surface area contributed by atoms with E-state index in [2.05, 4.69) is 28.9 Å². The zero-order valence-electron chi connectivity index (χ0n) is 19.3. The van der Waals surface area contributed by atoms with Gasteiger partial charge in [0.15, 0.2) is 17.6 Å². The Labute approximate surface area is 199 Å². The molecule has 0 radical (unpaired) electrons. The van der Waals surface area contributed by atoms with Gasteiger partial charge in [0.25, 0.3) is 0 Å². The lowest BCUT2D eigenvalue weighted by Crippen LogP contribution is -2.54. The number of rotatable bonds is 8. The van der Waals surface area contributed by atoms with E-state index in [-0.39, 0.29) is 5.91 Å². The van der Waals surface area contributed by atoms with E-state index in [1.165, 1.54) is 4.90 Å². The zero-order chi connectivity index (χ0) is 23.4. The number of β-amino-alcohol motifs (C(OH)–C–C–N with tert-alkyl or cyclic N) is 1. The summed E-state index contributed by atoms with van der Waals surface area (Å²) in [5, 5.41) is 10.8. The molecule has 8 heteroatoms. The van der Waals surface area contributed by atoms with Crippen molar-refractivity contribution < 1.29 is 19.4 Å². The van der Waals surface area contributed by atoms with Gasteiger partial charge in [-0.1, -0.05) is 25.1 Å². The number of thioether (sulfide) groups is 1. The number of fused-ring (bicyclic) bond motifs is 1. The Morgan fingerprint density at radius 2 is 1.88 bits per heavy atom. The van der Waals surface area contributed by atoms with Gasteiger partial charge in [0.2, 0.25) is 5.91 Å². The van der Waals surface area contributed by atoms with Gasteiger partial charge >= 0.3 is 0 Å². The van der Waals surface area contributed by atoms with Crippen LogP contribution in [0.4, 0.5) is 0 Å². The van der Waals surface area contributed by atoms with E-state index >= 15 is 0 Å². The van der Waals surface area contributed by atoms with Crippen LogP contribution in [0.2, 0.25) is 0 Å². The Morgan fingerprint density at radius 3 is 2.55 bits per heavy atom. The molecule has 2 aromatic rings. The summed E-state index contributed by atoms with van der Waals surface area (Å²) in [6.45, 7) is 7.84. The maximum Gasteiger partial charge on any atom is 0.239 e. The summed E-state index contributed by atoms with van der Waals surface area (Å²) in [5.74, 6) is 2.08. The van der Waals surface area contributed by atoms with Crippen LogP contribution in [-0.4, -0.2) is 78.1 Å². The van der Waals surface area contributed by atoms with Gasteiger partial charge in [-0.2, -0.15) is 0 Å². The summed E-state index contributed by atoms with van der Waals surface area (Å²) in [4.78, 5) is 17.8. The van der Waals surface area contributed by atoms with Gasteiger partial charge in [-0.25, -0.2) is 0 Å². The number of aliphatic hydroxyl groups is 1. The van der Waals surface area contributed by atoms with Gasteiger partial charge < -0.3 is 20.3 Å². The monoisotopic (exact) mass is 471 g/mol. The number of primary amides is 1. The predicted octanol–water partition coefficient (Wildman–Crippen LogP) is 2.45. The number of piperazine rings is 1. The molecule has 1 amide bonds. The second-order valence-electron chi connectivity index (χ2n) is 8.63. The van der Waals surface area contributed by atoms with Gasteiger partial charge in [-0.3, -0.25) is 14.6 Å². The molecule has 2 aliphatic heterocycles. The van der Waals surface area contributed by atoms with Gasteiger partial charge in [0.05, 0.1) is 0 Å². The normalized spacial score (nSPS) is 20.9. The fraction of sp³-hybridized carbons (Fsp3) is 0.480. The van der Waals surface area contributed by atoms with Crippen molar-refractivity contribution in [2.24, 2.45) is 5.73 Å². The number of nitrogens with two attached hydrogens (primary N) is 1. The van der Waals surface area contributed by atoms with E-state index < -0.39 is 18.2 Å². The standard InChI is InChI=1S/C25H33N3O4S/c1-3-33-19-7-5-18(6-8-19)24(25(26)30)28-12-10-27(11-13-28)15-20(29)23-16-31-21-9-4-17(2)14-22(21)32-23/h4-9,14,20,23-24,29H,3,10-13,15-16H2,1-2H3,(H2,26,30). The SMILES string of the molecule is CCSc1ccc(C(C(N)=O)N2CCN(CC(O)C3COc4ccc(C)cc4O3)CC2)cc1. The van der Waals surface area contributed by atoms with Crippen LogP contribution in [-0.2, 0) is 4.79 Å². The number of nitrogens with zero attached hydrogens (tertiary/aromatic N) is 2. The highest BCUT2D eigenvalue weighted by molar-refractivity contribution is 7.99. The molecule has 2 aliphatic rings. The number of carbonyl (C=O) groups is 1. The number of aliphatic hydroxyl groups excluding tert-OH is 1. The molecular formula is C25H33N3O4S.